The van der Waals surface area contributed by atoms with Crippen LogP contribution in [0.25, 0.3) is 85.5 Å². The molecule has 9 aromatic rings. The standard InChI is InChI=1S/C40H24S/c1-2-11-30-28(9-1)29-10-3-4-12-31(29)37-23-27(21-22-33(30)37)25-17-19-26(20-18-25)36-24-38-34-14-7-8-16-39(34)41-40(38)35-15-6-5-13-32(35)36/h1-24H. The third kappa shape index (κ3) is 3.40. The molecular formula is C40H24S. The van der Waals surface area contributed by atoms with Gasteiger partial charge in [-0.1, -0.05) is 127 Å². The fraction of sp³-hybridized carbons (Fsp3) is 0. The van der Waals surface area contributed by atoms with Crippen molar-refractivity contribution in [3.63, 3.8) is 0 Å². The molecule has 0 atom stereocenters. The summed E-state index contributed by atoms with van der Waals surface area (Å²) in [5, 5.41) is 13.2. The molecule has 0 saturated heterocycles. The molecule has 0 spiro atoms. The normalized spacial score (nSPS) is 11.9. The van der Waals surface area contributed by atoms with Gasteiger partial charge >= 0.3 is 0 Å². The monoisotopic (exact) mass is 536 g/mol. The molecule has 0 unspecified atom stereocenters. The van der Waals surface area contributed by atoms with Crippen LogP contribution in [0.1, 0.15) is 0 Å². The quantitative estimate of drug-likeness (QED) is 0.193. The van der Waals surface area contributed by atoms with E-state index in [-0.39, 0.29) is 0 Å². The van der Waals surface area contributed by atoms with Gasteiger partial charge in [-0.25, -0.2) is 0 Å². The smallest absolute Gasteiger partial charge is 0.0434 e. The largest absolute Gasteiger partial charge is 0.135 e. The minimum absolute atomic E-state index is 1.24. The van der Waals surface area contributed by atoms with Crippen LogP contribution in [0.15, 0.2) is 146 Å². The summed E-state index contributed by atoms with van der Waals surface area (Å²) >= 11 is 1.90. The Labute approximate surface area is 241 Å². The van der Waals surface area contributed by atoms with Crippen molar-refractivity contribution < 1.29 is 0 Å². The highest BCUT2D eigenvalue weighted by molar-refractivity contribution is 7.26. The minimum Gasteiger partial charge on any atom is -0.135 e. The summed E-state index contributed by atoms with van der Waals surface area (Å²) in [5.74, 6) is 0. The van der Waals surface area contributed by atoms with Crippen molar-refractivity contribution >= 4 is 74.6 Å². The predicted octanol–water partition coefficient (Wildman–Crippen LogP) is 12.0. The molecule has 0 radical (unpaired) electrons. The van der Waals surface area contributed by atoms with Gasteiger partial charge in [-0.05, 0) is 78.2 Å². The van der Waals surface area contributed by atoms with Gasteiger partial charge in [-0.15, -0.1) is 11.3 Å². The molecule has 0 nitrogen and oxygen atoms in total. The average molecular weight is 537 g/mol. The van der Waals surface area contributed by atoms with Crippen LogP contribution >= 0.6 is 11.3 Å². The second-order valence-corrected chi connectivity index (χ2v) is 11.9. The van der Waals surface area contributed by atoms with Crippen LogP contribution in [0.3, 0.4) is 0 Å². The molecule has 1 heterocycles. The van der Waals surface area contributed by atoms with Gasteiger partial charge in [0.25, 0.3) is 0 Å². The highest BCUT2D eigenvalue weighted by Crippen LogP contribution is 2.43. The zero-order valence-corrected chi connectivity index (χ0v) is 23.1. The van der Waals surface area contributed by atoms with Crippen molar-refractivity contribution in [2.75, 3.05) is 0 Å². The van der Waals surface area contributed by atoms with E-state index in [0.717, 1.165) is 0 Å². The van der Waals surface area contributed by atoms with Crippen molar-refractivity contribution in [1.82, 2.24) is 0 Å². The van der Waals surface area contributed by atoms with Crippen molar-refractivity contribution in [2.24, 2.45) is 0 Å². The summed E-state index contributed by atoms with van der Waals surface area (Å²) in [6.45, 7) is 0. The van der Waals surface area contributed by atoms with Crippen molar-refractivity contribution in [2.45, 2.75) is 0 Å². The summed E-state index contributed by atoms with van der Waals surface area (Å²) in [7, 11) is 0. The van der Waals surface area contributed by atoms with E-state index in [2.05, 4.69) is 146 Å². The molecule has 0 fully saturated rings. The molecule has 190 valence electrons. The summed E-state index contributed by atoms with van der Waals surface area (Å²) in [6, 6.07) is 53.7. The molecule has 9 rings (SSSR count). The maximum Gasteiger partial charge on any atom is 0.0434 e. The Balaban J connectivity index is 1.22. The molecule has 1 aromatic heterocycles. The SMILES string of the molecule is c1ccc2c(c1)sc1c3ccccc3c(-c3ccc(-c4ccc5c6ccccc6c6ccccc6c5c4)cc3)cc21. The number of hydrogen-bond acceptors (Lipinski definition) is 1. The van der Waals surface area contributed by atoms with Crippen molar-refractivity contribution in [1.29, 1.82) is 0 Å². The van der Waals surface area contributed by atoms with Gasteiger partial charge < -0.3 is 0 Å². The number of rotatable bonds is 2. The molecular weight excluding hydrogens is 513 g/mol. The highest BCUT2D eigenvalue weighted by Gasteiger charge is 2.14. The maximum absolute atomic E-state index is 2.40. The molecule has 0 aliphatic carbocycles. The highest BCUT2D eigenvalue weighted by atomic mass is 32.1. The van der Waals surface area contributed by atoms with Gasteiger partial charge in [0.2, 0.25) is 0 Å². The van der Waals surface area contributed by atoms with Crippen LogP contribution in [0.2, 0.25) is 0 Å². The van der Waals surface area contributed by atoms with Gasteiger partial charge in [-0.3, -0.25) is 0 Å². The molecule has 0 aliphatic heterocycles. The average Bonchev–Trinajstić information content (AvgIpc) is 3.43. The summed E-state index contributed by atoms with van der Waals surface area (Å²) in [5.41, 5.74) is 5.02. The molecule has 41 heavy (non-hydrogen) atoms. The molecule has 0 saturated carbocycles. The van der Waals surface area contributed by atoms with Gasteiger partial charge in [0, 0.05) is 25.6 Å². The topological polar surface area (TPSA) is 0 Å². The van der Waals surface area contributed by atoms with E-state index in [1.165, 1.54) is 85.5 Å². The number of fused-ring (bicyclic) bond motifs is 11. The van der Waals surface area contributed by atoms with Crippen molar-refractivity contribution in [3.8, 4) is 22.3 Å². The van der Waals surface area contributed by atoms with Crippen LogP contribution < -0.4 is 0 Å². The second kappa shape index (κ2) is 8.76. The van der Waals surface area contributed by atoms with E-state index in [9.17, 15) is 0 Å². The van der Waals surface area contributed by atoms with E-state index in [1.54, 1.807) is 0 Å². The minimum atomic E-state index is 1.24. The number of thiophene rings is 1. The van der Waals surface area contributed by atoms with E-state index < -0.39 is 0 Å². The first-order valence-corrected chi connectivity index (χ1v) is 14.9. The van der Waals surface area contributed by atoms with Gasteiger partial charge in [-0.2, -0.15) is 0 Å². The molecule has 0 aliphatic rings. The third-order valence-corrected chi connectivity index (χ3v) is 9.88. The zero-order chi connectivity index (χ0) is 26.9. The lowest BCUT2D eigenvalue weighted by atomic mass is 9.91. The first-order valence-electron chi connectivity index (χ1n) is 14.1. The summed E-state index contributed by atoms with van der Waals surface area (Å²) < 4.78 is 2.72. The Bertz CT molecular complexity index is 2420. The Morgan fingerprint density at radius 2 is 0.780 bits per heavy atom. The zero-order valence-electron chi connectivity index (χ0n) is 22.3. The van der Waals surface area contributed by atoms with Gasteiger partial charge in [0.1, 0.15) is 0 Å². The lowest BCUT2D eigenvalue weighted by Crippen LogP contribution is -1.86. The van der Waals surface area contributed by atoms with Crippen LogP contribution in [0.4, 0.5) is 0 Å². The maximum atomic E-state index is 2.40. The van der Waals surface area contributed by atoms with Crippen LogP contribution in [0, 0.1) is 0 Å². The number of benzene rings is 8. The Morgan fingerprint density at radius 3 is 1.46 bits per heavy atom. The Hall–Kier alpha value is -4.98. The lowest BCUT2D eigenvalue weighted by Gasteiger charge is -2.13. The molecule has 0 bridgehead atoms. The fourth-order valence-corrected chi connectivity index (χ4v) is 7.94. The summed E-state index contributed by atoms with van der Waals surface area (Å²) in [6.07, 6.45) is 0. The Morgan fingerprint density at radius 1 is 0.293 bits per heavy atom. The third-order valence-electron chi connectivity index (χ3n) is 8.66. The van der Waals surface area contributed by atoms with E-state index in [0.29, 0.717) is 0 Å². The molecule has 8 aromatic carbocycles. The van der Waals surface area contributed by atoms with Crippen LogP contribution in [0.5, 0.6) is 0 Å². The van der Waals surface area contributed by atoms with E-state index in [4.69, 9.17) is 0 Å². The molecule has 0 N–H and O–H groups in total. The molecule has 0 amide bonds. The first-order chi connectivity index (χ1) is 20.3. The lowest BCUT2D eigenvalue weighted by molar-refractivity contribution is 1.63. The van der Waals surface area contributed by atoms with Gasteiger partial charge in [0.15, 0.2) is 0 Å². The van der Waals surface area contributed by atoms with Crippen molar-refractivity contribution in [3.05, 3.63) is 146 Å². The van der Waals surface area contributed by atoms with Crippen LogP contribution in [-0.2, 0) is 0 Å². The predicted molar refractivity (Wildman–Crippen MR) is 180 cm³/mol. The van der Waals surface area contributed by atoms with Gasteiger partial charge in [0.05, 0.1) is 0 Å². The van der Waals surface area contributed by atoms with E-state index >= 15 is 0 Å². The first kappa shape index (κ1) is 22.8. The van der Waals surface area contributed by atoms with Crippen LogP contribution in [-0.4, -0.2) is 0 Å². The molecule has 1 heteroatoms. The Kier molecular flexibility index (Phi) is 4.87. The second-order valence-electron chi connectivity index (χ2n) is 10.9. The fourth-order valence-electron chi connectivity index (χ4n) is 6.72. The summed E-state index contributed by atoms with van der Waals surface area (Å²) in [4.78, 5) is 0. The van der Waals surface area contributed by atoms with E-state index in [1.807, 2.05) is 11.3 Å². The number of hydrogen-bond donors (Lipinski definition) is 0.